The molecule has 0 radical (unpaired) electrons. The van der Waals surface area contributed by atoms with E-state index in [1.807, 2.05) is 11.6 Å². The second kappa shape index (κ2) is 5.24. The molecule has 2 nitrogen and oxygen atoms in total. The first-order valence-electron chi connectivity index (χ1n) is 3.93. The van der Waals surface area contributed by atoms with Gasteiger partial charge in [0.05, 0.1) is 0 Å². The third-order valence-electron chi connectivity index (χ3n) is 1.66. The predicted octanol–water partition coefficient (Wildman–Crippen LogP) is 1.83. The third kappa shape index (κ3) is 3.46. The lowest BCUT2D eigenvalue weighted by atomic mass is 10.2. The fourth-order valence-electron chi connectivity index (χ4n) is 1.01. The maximum absolute atomic E-state index is 10.4. The summed E-state index contributed by atoms with van der Waals surface area (Å²) in [7, 11) is 0. The van der Waals surface area contributed by atoms with E-state index in [1.165, 1.54) is 18.6 Å². The van der Waals surface area contributed by atoms with Crippen LogP contribution in [0.4, 0.5) is 0 Å². The highest BCUT2D eigenvalue weighted by Crippen LogP contribution is 2.11. The summed E-state index contributed by atoms with van der Waals surface area (Å²) < 4.78 is 0. The van der Waals surface area contributed by atoms with Gasteiger partial charge in [-0.2, -0.15) is 0 Å². The Balaban J connectivity index is 2.37. The van der Waals surface area contributed by atoms with E-state index >= 15 is 0 Å². The summed E-state index contributed by atoms with van der Waals surface area (Å²) in [6.07, 6.45) is 6.38. The van der Waals surface area contributed by atoms with Crippen molar-refractivity contribution in [2.45, 2.75) is 19.3 Å². The van der Waals surface area contributed by atoms with Crippen LogP contribution in [0.1, 0.15) is 19.3 Å². The molecule has 0 fully saturated rings. The van der Waals surface area contributed by atoms with Crippen molar-refractivity contribution in [2.24, 2.45) is 0 Å². The van der Waals surface area contributed by atoms with Crippen molar-refractivity contribution in [3.8, 4) is 0 Å². The summed E-state index contributed by atoms with van der Waals surface area (Å²) >= 11 is 1.78. The maximum Gasteiger partial charge on any atom is 0.213 e. The molecule has 3 heteroatoms. The number of hydrogen-bond acceptors (Lipinski definition) is 2. The van der Waals surface area contributed by atoms with Crippen LogP contribution in [0.25, 0.3) is 0 Å². The number of carbonyl (C=O) groups is 1. The molecule has 0 bridgehead atoms. The Morgan fingerprint density at radius 3 is 3.09 bits per heavy atom. The molecule has 0 saturated heterocycles. The van der Waals surface area contributed by atoms with E-state index in [4.69, 9.17) is 0 Å². The number of amides is 1. The van der Waals surface area contributed by atoms with E-state index < -0.39 is 0 Å². The highest BCUT2D eigenvalue weighted by molar-refractivity contribution is 8.02. The van der Waals surface area contributed by atoms with Gasteiger partial charge in [-0.1, -0.05) is 6.42 Å². The largest absolute Gasteiger partial charge is 0.321 e. The minimum Gasteiger partial charge on any atom is -0.321 e. The molecular formula is C8H13NOS. The monoisotopic (exact) mass is 171 g/mol. The Morgan fingerprint density at radius 1 is 1.36 bits per heavy atom. The van der Waals surface area contributed by atoms with Crippen molar-refractivity contribution >= 4 is 18.2 Å². The summed E-state index contributed by atoms with van der Waals surface area (Å²) in [6.45, 7) is 0.876. The molecule has 1 amide bonds. The second-order valence-electron chi connectivity index (χ2n) is 2.56. The van der Waals surface area contributed by atoms with Crippen LogP contribution in [0, 0.1) is 0 Å². The number of nitrogens with zero attached hydrogens (tertiary/aromatic N) is 1. The van der Waals surface area contributed by atoms with Gasteiger partial charge in [0, 0.05) is 12.7 Å². The zero-order chi connectivity index (χ0) is 7.94. The molecule has 11 heavy (non-hydrogen) atoms. The Hall–Kier alpha value is -0.440. The molecule has 0 atom stereocenters. The fraction of sp³-hybridized carbons (Fsp3) is 0.625. The molecule has 1 heterocycles. The first-order valence-corrected chi connectivity index (χ1v) is 4.97. The molecule has 0 aliphatic carbocycles. The van der Waals surface area contributed by atoms with Gasteiger partial charge in [-0.15, -0.1) is 11.8 Å². The van der Waals surface area contributed by atoms with Gasteiger partial charge < -0.3 is 4.90 Å². The van der Waals surface area contributed by atoms with E-state index in [0.717, 1.165) is 19.4 Å². The molecule has 1 rings (SSSR count). The molecule has 1 aliphatic heterocycles. The van der Waals surface area contributed by atoms with Gasteiger partial charge in [-0.05, 0) is 24.0 Å². The number of carbonyl (C=O) groups excluding carboxylic acids is 1. The Labute approximate surface area is 71.6 Å². The van der Waals surface area contributed by atoms with Crippen LogP contribution in [-0.2, 0) is 4.79 Å². The number of rotatable bonds is 1. The number of thioether (sulfide) groups is 1. The van der Waals surface area contributed by atoms with Crippen LogP contribution < -0.4 is 0 Å². The average molecular weight is 171 g/mol. The molecule has 0 aromatic rings. The van der Waals surface area contributed by atoms with E-state index in [0.29, 0.717) is 0 Å². The van der Waals surface area contributed by atoms with E-state index in [-0.39, 0.29) is 0 Å². The standard InChI is InChI=1S/C8H13NOS/c10-8-9-4-2-1-3-6-11-7-5-9/h5,7-8H,1-4,6H2/b7-5-. The van der Waals surface area contributed by atoms with Gasteiger partial charge in [0.1, 0.15) is 0 Å². The highest BCUT2D eigenvalue weighted by Gasteiger charge is 1.98. The molecule has 0 saturated carbocycles. The summed E-state index contributed by atoms with van der Waals surface area (Å²) in [5, 5.41) is 2.00. The van der Waals surface area contributed by atoms with E-state index in [9.17, 15) is 4.79 Å². The minimum absolute atomic E-state index is 0.876. The maximum atomic E-state index is 10.4. The van der Waals surface area contributed by atoms with Crippen LogP contribution in [0.2, 0.25) is 0 Å². The van der Waals surface area contributed by atoms with Crippen molar-refractivity contribution in [2.75, 3.05) is 12.3 Å². The first kappa shape index (κ1) is 8.65. The molecular weight excluding hydrogens is 158 g/mol. The topological polar surface area (TPSA) is 20.3 Å². The quantitative estimate of drug-likeness (QED) is 0.561. The highest BCUT2D eigenvalue weighted by atomic mass is 32.2. The van der Waals surface area contributed by atoms with Gasteiger partial charge in [0.25, 0.3) is 0 Å². The summed E-state index contributed by atoms with van der Waals surface area (Å²) in [4.78, 5) is 12.1. The van der Waals surface area contributed by atoms with Crippen molar-refractivity contribution in [3.63, 3.8) is 0 Å². The lowest BCUT2D eigenvalue weighted by molar-refractivity contribution is -0.115. The second-order valence-corrected chi connectivity index (χ2v) is 3.57. The van der Waals surface area contributed by atoms with Crippen molar-refractivity contribution in [3.05, 3.63) is 11.6 Å². The molecule has 0 spiro atoms. The van der Waals surface area contributed by atoms with Crippen molar-refractivity contribution < 1.29 is 4.79 Å². The smallest absolute Gasteiger partial charge is 0.213 e. The average Bonchev–Trinajstić information content (AvgIpc) is 2.16. The van der Waals surface area contributed by atoms with Gasteiger partial charge in [-0.3, -0.25) is 4.79 Å². The van der Waals surface area contributed by atoms with Gasteiger partial charge >= 0.3 is 0 Å². The fourth-order valence-corrected chi connectivity index (χ4v) is 1.76. The zero-order valence-corrected chi connectivity index (χ0v) is 7.35. The van der Waals surface area contributed by atoms with Crippen LogP contribution in [0.15, 0.2) is 11.6 Å². The molecule has 0 aromatic carbocycles. The Bertz CT molecular complexity index is 147. The molecule has 0 aromatic heterocycles. The van der Waals surface area contributed by atoms with E-state index in [1.54, 1.807) is 16.7 Å². The third-order valence-corrected chi connectivity index (χ3v) is 2.50. The zero-order valence-electron chi connectivity index (χ0n) is 6.53. The van der Waals surface area contributed by atoms with Gasteiger partial charge in [-0.25, -0.2) is 0 Å². The Kier molecular flexibility index (Phi) is 4.12. The predicted molar refractivity (Wildman–Crippen MR) is 48.2 cm³/mol. The van der Waals surface area contributed by atoms with Crippen LogP contribution in [0.3, 0.4) is 0 Å². The van der Waals surface area contributed by atoms with Crippen LogP contribution in [-0.4, -0.2) is 23.6 Å². The lowest BCUT2D eigenvalue weighted by Crippen LogP contribution is -2.15. The number of hydrogen-bond donors (Lipinski definition) is 0. The normalized spacial score (nSPS) is 23.1. The van der Waals surface area contributed by atoms with Crippen molar-refractivity contribution in [1.82, 2.24) is 4.90 Å². The van der Waals surface area contributed by atoms with Gasteiger partial charge in [0.2, 0.25) is 6.41 Å². The van der Waals surface area contributed by atoms with Crippen LogP contribution in [0.5, 0.6) is 0 Å². The minimum atomic E-state index is 0.876. The summed E-state index contributed by atoms with van der Waals surface area (Å²) in [6, 6.07) is 0. The van der Waals surface area contributed by atoms with Gasteiger partial charge in [0.15, 0.2) is 0 Å². The van der Waals surface area contributed by atoms with Crippen molar-refractivity contribution in [1.29, 1.82) is 0 Å². The summed E-state index contributed by atoms with van der Waals surface area (Å²) in [5.41, 5.74) is 0. The lowest BCUT2D eigenvalue weighted by Gasteiger charge is -2.09. The molecule has 1 aliphatic rings. The molecule has 0 N–H and O–H groups in total. The first-order chi connectivity index (χ1) is 5.43. The van der Waals surface area contributed by atoms with E-state index in [2.05, 4.69) is 0 Å². The molecule has 0 unspecified atom stereocenters. The Morgan fingerprint density at radius 2 is 2.27 bits per heavy atom. The molecule has 62 valence electrons. The van der Waals surface area contributed by atoms with Crippen LogP contribution >= 0.6 is 11.8 Å². The summed E-state index contributed by atoms with van der Waals surface area (Å²) in [5.74, 6) is 1.18. The SMILES string of the molecule is O=CN1/C=C\SCCCCC1.